The fourth-order valence-corrected chi connectivity index (χ4v) is 1.96. The summed E-state index contributed by atoms with van der Waals surface area (Å²) in [7, 11) is -7.85. The fourth-order valence-electron chi connectivity index (χ4n) is 1.06. The third-order valence-electron chi connectivity index (χ3n) is 2.49. The van der Waals surface area contributed by atoms with E-state index in [1.807, 2.05) is 0 Å². The average Bonchev–Trinajstić information content (AvgIpc) is 2.41. The Morgan fingerprint density at radius 3 is 1.37 bits per heavy atom. The van der Waals surface area contributed by atoms with E-state index in [2.05, 4.69) is 4.18 Å². The summed E-state index contributed by atoms with van der Waals surface area (Å²) in [4.78, 5) is 0. The minimum atomic E-state index is -7.86. The quantitative estimate of drug-likeness (QED) is 0.417. The van der Waals surface area contributed by atoms with Crippen molar-refractivity contribution in [2.75, 3.05) is 6.61 Å². The largest absolute Gasteiger partial charge is 0.460 e. The molecule has 1 unspecified atom stereocenters. The zero-order valence-corrected chi connectivity index (χ0v) is 12.4. The van der Waals surface area contributed by atoms with Crippen LogP contribution in [-0.2, 0) is 14.3 Å². The lowest BCUT2D eigenvalue weighted by molar-refractivity contribution is -0.383. The van der Waals surface area contributed by atoms with E-state index in [-0.39, 0.29) is 0 Å². The van der Waals surface area contributed by atoms with E-state index < -0.39 is 58.3 Å². The fraction of sp³-hybridized carbons (Fsp3) is 1.00. The van der Waals surface area contributed by atoms with Gasteiger partial charge in [0, 0.05) is 0 Å². The minimum absolute atomic E-state index is 2.32. The summed E-state index contributed by atoms with van der Waals surface area (Å²) in [5.41, 5.74) is 0. The summed E-state index contributed by atoms with van der Waals surface area (Å²) in [6.45, 7) is -3.57. The van der Waals surface area contributed by atoms with Gasteiger partial charge in [-0.1, -0.05) is 0 Å². The van der Waals surface area contributed by atoms with Crippen LogP contribution in [-0.4, -0.2) is 56.6 Å². The van der Waals surface area contributed by atoms with Crippen LogP contribution in [0.1, 0.15) is 0 Å². The monoisotopic (exact) mass is 464 g/mol. The predicted molar refractivity (Wildman–Crippen MR) is 51.7 cm³/mol. The lowest BCUT2D eigenvalue weighted by Gasteiger charge is -2.33. The number of rotatable bonds is 7. The molecule has 0 aliphatic carbocycles. The summed E-state index contributed by atoms with van der Waals surface area (Å²) >= 11 is 0. The molecule has 3 nitrogen and oxygen atoms in total. The molecule has 0 aromatic carbocycles. The maximum Gasteiger partial charge on any atom is 0.460 e. The van der Waals surface area contributed by atoms with Crippen molar-refractivity contribution in [1.82, 2.24) is 0 Å². The molecule has 0 bridgehead atoms. The van der Waals surface area contributed by atoms with Gasteiger partial charge in [0.25, 0.3) is 6.17 Å². The van der Waals surface area contributed by atoms with Gasteiger partial charge in [0.15, 0.2) is 0 Å². The van der Waals surface area contributed by atoms with E-state index in [0.29, 0.717) is 0 Å². The van der Waals surface area contributed by atoms with Crippen LogP contribution in [0.25, 0.3) is 0 Å². The van der Waals surface area contributed by atoms with Crippen LogP contribution < -0.4 is 0 Å². The molecule has 0 aliphatic heterocycles. The zero-order chi connectivity index (χ0) is 22.5. The molecular formula is C8H3F15O3S. The highest BCUT2D eigenvalue weighted by Crippen LogP contribution is 2.55. The van der Waals surface area contributed by atoms with Crippen molar-refractivity contribution in [3.63, 3.8) is 0 Å². The van der Waals surface area contributed by atoms with Crippen LogP contribution in [0, 0.1) is 0 Å². The normalized spacial score (nSPS) is 17.1. The zero-order valence-electron chi connectivity index (χ0n) is 11.6. The standard InChI is InChI=1S/C8H3F15O3S/c9-2(4(12,13)14)3(10,11)1-26-27(24,25)8(22,23)6(17,18)5(15,16)7(19,20)21/h2H,1H2. The lowest BCUT2D eigenvalue weighted by Crippen LogP contribution is -2.63. The predicted octanol–water partition coefficient (Wildman–Crippen LogP) is 4.29. The Morgan fingerprint density at radius 1 is 0.704 bits per heavy atom. The minimum Gasteiger partial charge on any atom is -0.259 e. The van der Waals surface area contributed by atoms with E-state index in [1.54, 1.807) is 0 Å². The maximum absolute atomic E-state index is 13.0. The van der Waals surface area contributed by atoms with Crippen LogP contribution in [0.2, 0.25) is 0 Å². The van der Waals surface area contributed by atoms with Crippen LogP contribution in [0.3, 0.4) is 0 Å². The van der Waals surface area contributed by atoms with Gasteiger partial charge in [-0.3, -0.25) is 4.18 Å². The summed E-state index contributed by atoms with van der Waals surface area (Å²) in [6.07, 6.45) is -19.2. The van der Waals surface area contributed by atoms with Crippen molar-refractivity contribution in [2.45, 2.75) is 41.5 Å². The smallest absolute Gasteiger partial charge is 0.259 e. The Bertz CT molecular complexity index is 630. The maximum atomic E-state index is 13.0. The highest BCUT2D eigenvalue weighted by Gasteiger charge is 2.86. The topological polar surface area (TPSA) is 43.4 Å². The lowest BCUT2D eigenvalue weighted by atomic mass is 10.1. The Morgan fingerprint density at radius 2 is 1.07 bits per heavy atom. The van der Waals surface area contributed by atoms with Gasteiger partial charge in [-0.05, 0) is 0 Å². The molecule has 0 spiro atoms. The van der Waals surface area contributed by atoms with E-state index in [9.17, 15) is 74.3 Å². The molecule has 0 radical (unpaired) electrons. The van der Waals surface area contributed by atoms with Gasteiger partial charge < -0.3 is 0 Å². The Kier molecular flexibility index (Phi) is 6.45. The number of halogens is 15. The summed E-state index contributed by atoms with van der Waals surface area (Å²) in [5, 5.41) is -7.57. The first-order chi connectivity index (χ1) is 11.4. The first-order valence-corrected chi connectivity index (χ1v) is 6.95. The SMILES string of the molecule is O=S(=O)(OCC(F)(F)C(F)C(F)(F)F)C(F)(F)C(F)(F)C(F)(F)C(F)(F)F. The highest BCUT2D eigenvalue weighted by molar-refractivity contribution is 7.87. The van der Waals surface area contributed by atoms with E-state index >= 15 is 0 Å². The first kappa shape index (κ1) is 25.9. The van der Waals surface area contributed by atoms with Crippen molar-refractivity contribution in [3.05, 3.63) is 0 Å². The third-order valence-corrected chi connectivity index (χ3v) is 3.81. The van der Waals surface area contributed by atoms with E-state index in [4.69, 9.17) is 0 Å². The van der Waals surface area contributed by atoms with Crippen LogP contribution in [0.5, 0.6) is 0 Å². The molecule has 19 heteroatoms. The van der Waals surface area contributed by atoms with Crippen molar-refractivity contribution >= 4 is 10.1 Å². The third kappa shape index (κ3) is 4.48. The molecule has 0 saturated heterocycles. The molecule has 0 heterocycles. The molecule has 0 amide bonds. The number of hydrogen-bond acceptors (Lipinski definition) is 3. The van der Waals surface area contributed by atoms with Gasteiger partial charge in [-0.2, -0.15) is 61.1 Å². The van der Waals surface area contributed by atoms with E-state index in [0.717, 1.165) is 0 Å². The second-order valence-electron chi connectivity index (χ2n) is 4.54. The molecular weight excluding hydrogens is 461 g/mol. The van der Waals surface area contributed by atoms with Gasteiger partial charge >= 0.3 is 45.5 Å². The van der Waals surface area contributed by atoms with Gasteiger partial charge in [0.05, 0.1) is 0 Å². The number of hydrogen-bond donors (Lipinski definition) is 0. The van der Waals surface area contributed by atoms with Crippen LogP contribution in [0.15, 0.2) is 0 Å². The average molecular weight is 464 g/mol. The van der Waals surface area contributed by atoms with Crippen molar-refractivity contribution in [1.29, 1.82) is 0 Å². The molecule has 0 aromatic rings. The molecule has 27 heavy (non-hydrogen) atoms. The Balaban J connectivity index is 5.83. The second-order valence-corrected chi connectivity index (χ2v) is 6.20. The molecule has 0 saturated carbocycles. The first-order valence-electron chi connectivity index (χ1n) is 5.54. The highest BCUT2D eigenvalue weighted by atomic mass is 32.2. The number of alkyl halides is 15. The second kappa shape index (κ2) is 6.73. The van der Waals surface area contributed by atoms with Gasteiger partial charge in [-0.15, -0.1) is 0 Å². The molecule has 0 N–H and O–H groups in total. The Hall–Kier alpha value is -1.14. The summed E-state index contributed by atoms with van der Waals surface area (Å²) in [5.74, 6) is -21.6. The molecule has 0 aromatic heterocycles. The van der Waals surface area contributed by atoms with Crippen molar-refractivity contribution < 1.29 is 78.5 Å². The van der Waals surface area contributed by atoms with Crippen LogP contribution in [0.4, 0.5) is 65.9 Å². The molecule has 0 rings (SSSR count). The van der Waals surface area contributed by atoms with Crippen molar-refractivity contribution in [2.24, 2.45) is 0 Å². The summed E-state index contributed by atoms with van der Waals surface area (Å²) < 4.78 is 209. The van der Waals surface area contributed by atoms with Gasteiger partial charge in [0.2, 0.25) is 0 Å². The molecule has 0 fully saturated rings. The van der Waals surface area contributed by atoms with Gasteiger partial charge in [0.1, 0.15) is 6.61 Å². The van der Waals surface area contributed by atoms with E-state index in [1.165, 1.54) is 0 Å². The molecule has 1 atom stereocenters. The van der Waals surface area contributed by atoms with Crippen molar-refractivity contribution in [3.8, 4) is 0 Å². The Labute approximate surface area is 138 Å². The van der Waals surface area contributed by atoms with Crippen LogP contribution >= 0.6 is 0 Å². The van der Waals surface area contributed by atoms with Gasteiger partial charge in [-0.25, -0.2) is 13.2 Å². The molecule has 0 aliphatic rings. The summed E-state index contributed by atoms with van der Waals surface area (Å²) in [6, 6.07) is 0. The molecule has 164 valence electrons.